The summed E-state index contributed by atoms with van der Waals surface area (Å²) < 4.78 is 1.95. The van der Waals surface area contributed by atoms with Crippen LogP contribution in [0.1, 0.15) is 25.6 Å². The summed E-state index contributed by atoms with van der Waals surface area (Å²) in [6.45, 7) is 2.24. The molecule has 1 aliphatic rings. The van der Waals surface area contributed by atoms with E-state index >= 15 is 0 Å². The molecule has 0 spiro atoms. The van der Waals surface area contributed by atoms with Crippen molar-refractivity contribution in [2.24, 2.45) is 5.92 Å². The fraction of sp³-hybridized carbons (Fsp3) is 0.114. The van der Waals surface area contributed by atoms with Gasteiger partial charge in [-0.05, 0) is 80.2 Å². The molecule has 0 amide bonds. The molecular formula is C35H27NO. The molecule has 0 bridgehead atoms. The second kappa shape index (κ2) is 7.78. The molecule has 1 unspecified atom stereocenters. The monoisotopic (exact) mass is 477 g/mol. The number of rotatable bonds is 1. The van der Waals surface area contributed by atoms with Gasteiger partial charge in [0, 0.05) is 16.2 Å². The first-order chi connectivity index (χ1) is 17.7. The molecule has 0 saturated heterocycles. The zero-order valence-corrected chi connectivity index (χ0v) is 20.0. The van der Waals surface area contributed by atoms with Crippen molar-refractivity contribution in [1.29, 1.82) is 0 Å². The quantitative estimate of drug-likeness (QED) is 0.216. The highest BCUT2D eigenvalue weighted by Crippen LogP contribution is 2.38. The lowest BCUT2D eigenvalue weighted by Gasteiger charge is -2.12. The minimum absolute atomic E-state index is 0. The van der Waals surface area contributed by atoms with Gasteiger partial charge in [0.15, 0.2) is 0 Å². The number of allylic oxidation sites excluding steroid dienone is 1. The first-order valence-electron chi connectivity index (χ1n) is 12.6. The molecule has 0 aliphatic heterocycles. The number of para-hydroxylation sites is 1. The van der Waals surface area contributed by atoms with Crippen molar-refractivity contribution in [2.45, 2.75) is 20.8 Å². The number of aromatic nitrogens is 1. The number of pyridine rings is 1. The third kappa shape index (κ3) is 2.96. The maximum atomic E-state index is 13.8. The van der Waals surface area contributed by atoms with Gasteiger partial charge in [0.25, 0.3) is 5.56 Å². The largest absolute Gasteiger partial charge is 0.275 e. The summed E-state index contributed by atoms with van der Waals surface area (Å²) in [5.41, 5.74) is 5.77. The van der Waals surface area contributed by atoms with Crippen LogP contribution in [0, 0.1) is 5.92 Å². The molecule has 2 nitrogen and oxygen atoms in total. The van der Waals surface area contributed by atoms with Crippen LogP contribution < -0.4 is 5.56 Å². The minimum atomic E-state index is 0. The Balaban J connectivity index is 0.00000231. The molecule has 8 rings (SSSR count). The summed E-state index contributed by atoms with van der Waals surface area (Å²) in [7, 11) is 0. The lowest BCUT2D eigenvalue weighted by Crippen LogP contribution is -2.15. The molecule has 7 aromatic rings. The van der Waals surface area contributed by atoms with Crippen molar-refractivity contribution in [3.05, 3.63) is 119 Å². The van der Waals surface area contributed by atoms with E-state index in [1.807, 2.05) is 10.5 Å². The Hall–Kier alpha value is -4.43. The Morgan fingerprint density at radius 2 is 1.35 bits per heavy atom. The van der Waals surface area contributed by atoms with Crippen LogP contribution in [0.4, 0.5) is 0 Å². The van der Waals surface area contributed by atoms with Gasteiger partial charge in [0.2, 0.25) is 0 Å². The maximum Gasteiger partial charge on any atom is 0.263 e. The van der Waals surface area contributed by atoms with Gasteiger partial charge in [-0.2, -0.15) is 0 Å². The Kier molecular flexibility index (Phi) is 4.59. The van der Waals surface area contributed by atoms with E-state index in [0.717, 1.165) is 39.4 Å². The topological polar surface area (TPSA) is 21.5 Å². The van der Waals surface area contributed by atoms with E-state index in [0.29, 0.717) is 5.92 Å². The van der Waals surface area contributed by atoms with Crippen molar-refractivity contribution in [1.82, 2.24) is 4.40 Å². The first-order valence-corrected chi connectivity index (χ1v) is 12.6. The number of fused-ring (bicyclic) bond motifs is 8. The Morgan fingerprint density at radius 3 is 2.22 bits per heavy atom. The van der Waals surface area contributed by atoms with Crippen LogP contribution in [-0.4, -0.2) is 4.40 Å². The molecule has 2 heteroatoms. The van der Waals surface area contributed by atoms with Crippen molar-refractivity contribution < 1.29 is 0 Å². The zero-order valence-electron chi connectivity index (χ0n) is 20.0. The third-order valence-electron chi connectivity index (χ3n) is 8.07. The number of nitrogens with zero attached hydrogens (tertiary/aromatic N) is 1. The second-order valence-corrected chi connectivity index (χ2v) is 10.2. The molecule has 5 aromatic carbocycles. The van der Waals surface area contributed by atoms with Crippen LogP contribution in [0.25, 0.3) is 65.8 Å². The van der Waals surface area contributed by atoms with Gasteiger partial charge in [-0.15, -0.1) is 0 Å². The molecule has 37 heavy (non-hydrogen) atoms. The first kappa shape index (κ1) is 21.8. The average molecular weight is 478 g/mol. The summed E-state index contributed by atoms with van der Waals surface area (Å²) in [5.74, 6) is 0.481. The Morgan fingerprint density at radius 1 is 0.676 bits per heavy atom. The van der Waals surface area contributed by atoms with E-state index < -0.39 is 0 Å². The summed E-state index contributed by atoms with van der Waals surface area (Å²) >= 11 is 0. The molecular weight excluding hydrogens is 450 g/mol. The summed E-state index contributed by atoms with van der Waals surface area (Å²) in [6.07, 6.45) is 5.34. The summed E-state index contributed by atoms with van der Waals surface area (Å²) in [5, 5.41) is 9.16. The zero-order chi connectivity index (χ0) is 24.0. The molecule has 2 heterocycles. The molecule has 0 radical (unpaired) electrons. The normalized spacial score (nSPS) is 15.1. The standard InChI is InChI=1S/C34H23NO.CH4/c1-20-9-16-32-31(17-20)27-8-4-7-26-30-19-24(14-15-28(30)34(36)35(32)33(26)27)23-13-12-22-11-10-21-5-2-3-6-25(21)29(22)18-23;/h2-16,18-20H,17H2,1H3;1H4. The number of hydrogen-bond donors (Lipinski definition) is 0. The van der Waals surface area contributed by atoms with E-state index in [4.69, 9.17) is 0 Å². The van der Waals surface area contributed by atoms with Crippen LogP contribution in [0.15, 0.2) is 102 Å². The lowest BCUT2D eigenvalue weighted by molar-refractivity contribution is 0.718. The predicted molar refractivity (Wildman–Crippen MR) is 159 cm³/mol. The van der Waals surface area contributed by atoms with Crippen LogP contribution >= 0.6 is 0 Å². The van der Waals surface area contributed by atoms with Crippen molar-refractivity contribution in [2.75, 3.05) is 0 Å². The molecule has 2 aromatic heterocycles. The smallest absolute Gasteiger partial charge is 0.263 e. The van der Waals surface area contributed by atoms with E-state index in [1.165, 1.54) is 38.1 Å². The minimum Gasteiger partial charge on any atom is -0.275 e. The van der Waals surface area contributed by atoms with Gasteiger partial charge in [-0.3, -0.25) is 9.20 Å². The third-order valence-corrected chi connectivity index (χ3v) is 8.07. The van der Waals surface area contributed by atoms with Crippen LogP contribution in [0.2, 0.25) is 0 Å². The van der Waals surface area contributed by atoms with Crippen LogP contribution in [0.5, 0.6) is 0 Å². The highest BCUT2D eigenvalue weighted by molar-refractivity contribution is 6.14. The highest BCUT2D eigenvalue weighted by atomic mass is 16.1. The van der Waals surface area contributed by atoms with Gasteiger partial charge in [0.1, 0.15) is 0 Å². The van der Waals surface area contributed by atoms with Crippen LogP contribution in [-0.2, 0) is 6.42 Å². The molecule has 1 aliphatic carbocycles. The van der Waals surface area contributed by atoms with Gasteiger partial charge in [-0.1, -0.05) is 93.2 Å². The van der Waals surface area contributed by atoms with Crippen molar-refractivity contribution in [3.63, 3.8) is 0 Å². The average Bonchev–Trinajstić information content (AvgIpc) is 3.25. The number of benzene rings is 5. The fourth-order valence-electron chi connectivity index (χ4n) is 6.32. The second-order valence-electron chi connectivity index (χ2n) is 10.2. The maximum absolute atomic E-state index is 13.8. The molecule has 0 N–H and O–H groups in total. The number of hydrogen-bond acceptors (Lipinski definition) is 1. The van der Waals surface area contributed by atoms with Crippen molar-refractivity contribution in [3.8, 4) is 11.1 Å². The molecule has 178 valence electrons. The van der Waals surface area contributed by atoms with Gasteiger partial charge >= 0.3 is 0 Å². The Bertz CT molecular complexity index is 2110. The van der Waals surface area contributed by atoms with E-state index in [9.17, 15) is 4.79 Å². The molecule has 0 saturated carbocycles. The fourth-order valence-corrected chi connectivity index (χ4v) is 6.32. The lowest BCUT2D eigenvalue weighted by atomic mass is 9.93. The van der Waals surface area contributed by atoms with Crippen LogP contribution in [0.3, 0.4) is 0 Å². The summed E-state index contributed by atoms with van der Waals surface area (Å²) in [4.78, 5) is 13.8. The predicted octanol–water partition coefficient (Wildman–Crippen LogP) is 8.86. The summed E-state index contributed by atoms with van der Waals surface area (Å²) in [6, 6.07) is 32.4. The highest BCUT2D eigenvalue weighted by Gasteiger charge is 2.23. The molecule has 1 atom stereocenters. The van der Waals surface area contributed by atoms with Crippen molar-refractivity contribution >= 4 is 54.7 Å². The molecule has 0 fully saturated rings. The SMILES string of the molecule is C.CC1C=Cc2c(c3cccc4c5cc(-c6ccc7ccc8ccccc8c7c6)ccc5c(=O)n2c34)C1. The van der Waals surface area contributed by atoms with E-state index in [1.54, 1.807) is 0 Å². The van der Waals surface area contributed by atoms with Gasteiger partial charge in [0.05, 0.1) is 11.2 Å². The Labute approximate surface area is 215 Å². The van der Waals surface area contributed by atoms with E-state index in [-0.39, 0.29) is 13.0 Å². The van der Waals surface area contributed by atoms with Gasteiger partial charge in [-0.25, -0.2) is 0 Å². The van der Waals surface area contributed by atoms with E-state index in [2.05, 4.69) is 104 Å². The van der Waals surface area contributed by atoms with Gasteiger partial charge < -0.3 is 0 Å².